The number of nitrogens with one attached hydrogen (secondary N) is 1. The summed E-state index contributed by atoms with van der Waals surface area (Å²) in [7, 11) is 0. The normalized spacial score (nSPS) is 22.6. The molecule has 0 unspecified atom stereocenters. The van der Waals surface area contributed by atoms with Gasteiger partial charge in [0.05, 0.1) is 5.75 Å². The molecule has 3 atom stereocenters. The molecule has 0 aliphatic heterocycles. The molecule has 1 saturated carbocycles. The van der Waals surface area contributed by atoms with Crippen LogP contribution in [-0.4, -0.2) is 32.5 Å². The van der Waals surface area contributed by atoms with Crippen molar-refractivity contribution in [3.63, 3.8) is 0 Å². The van der Waals surface area contributed by atoms with Gasteiger partial charge in [0, 0.05) is 18.2 Å². The van der Waals surface area contributed by atoms with E-state index < -0.39 is 0 Å². The molecule has 1 aromatic heterocycles. The van der Waals surface area contributed by atoms with Gasteiger partial charge < -0.3 is 9.88 Å². The molecule has 1 amide bonds. The third-order valence-corrected chi connectivity index (χ3v) is 6.77. The van der Waals surface area contributed by atoms with Crippen LogP contribution in [0.5, 0.6) is 0 Å². The summed E-state index contributed by atoms with van der Waals surface area (Å²) in [4.78, 5) is 12.5. The van der Waals surface area contributed by atoms with E-state index in [1.807, 2.05) is 12.1 Å². The molecule has 2 aromatic rings. The van der Waals surface area contributed by atoms with Crippen molar-refractivity contribution in [2.45, 2.75) is 64.7 Å². The third-order valence-electron chi connectivity index (χ3n) is 5.80. The first-order valence-electron chi connectivity index (χ1n) is 9.92. The van der Waals surface area contributed by atoms with E-state index in [0.717, 1.165) is 29.5 Å². The van der Waals surface area contributed by atoms with Crippen LogP contribution in [0, 0.1) is 18.8 Å². The maximum absolute atomic E-state index is 12.5. The fourth-order valence-corrected chi connectivity index (χ4v) is 4.68. The second-order valence-electron chi connectivity index (χ2n) is 7.60. The van der Waals surface area contributed by atoms with E-state index in [9.17, 15) is 4.79 Å². The SMILES string of the molecule is CCn1c(SCC(=O)N[C@@H]2CCC[C@@H](C)[C@@H]2C)nnc1-c1ccccc1C. The molecule has 0 bridgehead atoms. The number of rotatable bonds is 6. The van der Waals surface area contributed by atoms with E-state index in [0.29, 0.717) is 23.6 Å². The van der Waals surface area contributed by atoms with Gasteiger partial charge in [-0.2, -0.15) is 0 Å². The van der Waals surface area contributed by atoms with Crippen molar-refractivity contribution in [2.75, 3.05) is 5.75 Å². The van der Waals surface area contributed by atoms with Crippen molar-refractivity contribution in [1.29, 1.82) is 0 Å². The average Bonchev–Trinajstić information content (AvgIpc) is 3.07. The number of amides is 1. The number of aryl methyl sites for hydroxylation is 1. The highest BCUT2D eigenvalue weighted by atomic mass is 32.2. The molecule has 0 radical (unpaired) electrons. The Labute approximate surface area is 166 Å². The Morgan fingerprint density at radius 2 is 2.04 bits per heavy atom. The molecular formula is C21H30N4OS. The molecule has 1 aromatic carbocycles. The Morgan fingerprint density at radius 3 is 2.78 bits per heavy atom. The first-order chi connectivity index (χ1) is 13.0. The van der Waals surface area contributed by atoms with E-state index in [2.05, 4.69) is 59.9 Å². The molecule has 0 spiro atoms. The highest BCUT2D eigenvalue weighted by molar-refractivity contribution is 7.99. The first-order valence-corrected chi connectivity index (χ1v) is 10.9. The Morgan fingerprint density at radius 1 is 1.26 bits per heavy atom. The van der Waals surface area contributed by atoms with Crippen LogP contribution in [0.25, 0.3) is 11.4 Å². The number of carbonyl (C=O) groups excluding carboxylic acids is 1. The van der Waals surface area contributed by atoms with Gasteiger partial charge >= 0.3 is 0 Å². The smallest absolute Gasteiger partial charge is 0.230 e. The number of hydrogen-bond donors (Lipinski definition) is 1. The topological polar surface area (TPSA) is 59.8 Å². The second-order valence-corrected chi connectivity index (χ2v) is 8.54. The van der Waals surface area contributed by atoms with Crippen molar-refractivity contribution >= 4 is 17.7 Å². The van der Waals surface area contributed by atoms with Crippen LogP contribution in [0.4, 0.5) is 0 Å². The van der Waals surface area contributed by atoms with Gasteiger partial charge in [0.1, 0.15) is 0 Å². The molecule has 146 valence electrons. The van der Waals surface area contributed by atoms with Crippen molar-refractivity contribution in [1.82, 2.24) is 20.1 Å². The van der Waals surface area contributed by atoms with Gasteiger partial charge in [0.15, 0.2) is 11.0 Å². The Hall–Kier alpha value is -1.82. The summed E-state index contributed by atoms with van der Waals surface area (Å²) in [6.07, 6.45) is 3.56. The summed E-state index contributed by atoms with van der Waals surface area (Å²) >= 11 is 1.47. The van der Waals surface area contributed by atoms with E-state index in [-0.39, 0.29) is 5.91 Å². The molecule has 5 nitrogen and oxygen atoms in total. The summed E-state index contributed by atoms with van der Waals surface area (Å²) in [5, 5.41) is 12.8. The lowest BCUT2D eigenvalue weighted by Crippen LogP contribution is -2.44. The summed E-state index contributed by atoms with van der Waals surface area (Å²) < 4.78 is 2.09. The Balaban J connectivity index is 1.64. The average molecular weight is 387 g/mol. The molecule has 6 heteroatoms. The molecule has 3 rings (SSSR count). The number of benzene rings is 1. The molecule has 0 saturated heterocycles. The van der Waals surface area contributed by atoms with Crippen molar-refractivity contribution in [3.8, 4) is 11.4 Å². The number of thioether (sulfide) groups is 1. The van der Waals surface area contributed by atoms with E-state index in [4.69, 9.17) is 0 Å². The third kappa shape index (κ3) is 4.54. The molecular weight excluding hydrogens is 356 g/mol. The predicted molar refractivity (Wildman–Crippen MR) is 111 cm³/mol. The van der Waals surface area contributed by atoms with Crippen LogP contribution in [0.2, 0.25) is 0 Å². The van der Waals surface area contributed by atoms with Gasteiger partial charge in [-0.25, -0.2) is 0 Å². The second kappa shape index (κ2) is 8.91. The van der Waals surface area contributed by atoms with Crippen molar-refractivity contribution in [3.05, 3.63) is 29.8 Å². The zero-order chi connectivity index (χ0) is 19.4. The lowest BCUT2D eigenvalue weighted by molar-refractivity contribution is -0.120. The van der Waals surface area contributed by atoms with Crippen LogP contribution < -0.4 is 5.32 Å². The molecule has 1 heterocycles. The van der Waals surface area contributed by atoms with E-state index in [1.165, 1.54) is 30.2 Å². The summed E-state index contributed by atoms with van der Waals surface area (Å²) in [5.74, 6) is 2.56. The van der Waals surface area contributed by atoms with Crippen LogP contribution in [0.3, 0.4) is 0 Å². The van der Waals surface area contributed by atoms with Crippen molar-refractivity contribution in [2.24, 2.45) is 11.8 Å². The molecule has 1 fully saturated rings. The fraction of sp³-hybridized carbons (Fsp3) is 0.571. The number of aromatic nitrogens is 3. The van der Waals surface area contributed by atoms with Gasteiger partial charge in [0.2, 0.25) is 5.91 Å². The maximum atomic E-state index is 12.5. The molecule has 1 aliphatic carbocycles. The zero-order valence-electron chi connectivity index (χ0n) is 16.7. The molecule has 1 aliphatic rings. The molecule has 27 heavy (non-hydrogen) atoms. The Bertz CT molecular complexity index is 788. The van der Waals surface area contributed by atoms with Gasteiger partial charge in [-0.3, -0.25) is 4.79 Å². The minimum Gasteiger partial charge on any atom is -0.352 e. The van der Waals surface area contributed by atoms with Gasteiger partial charge in [-0.15, -0.1) is 10.2 Å². The van der Waals surface area contributed by atoms with Gasteiger partial charge in [-0.1, -0.05) is 62.7 Å². The van der Waals surface area contributed by atoms with E-state index >= 15 is 0 Å². The van der Waals surface area contributed by atoms with Crippen LogP contribution in [0.1, 0.15) is 45.6 Å². The highest BCUT2D eigenvalue weighted by Gasteiger charge is 2.28. The van der Waals surface area contributed by atoms with E-state index in [1.54, 1.807) is 0 Å². The maximum Gasteiger partial charge on any atom is 0.230 e. The lowest BCUT2D eigenvalue weighted by atomic mass is 9.78. The van der Waals surface area contributed by atoms with Crippen LogP contribution >= 0.6 is 11.8 Å². The monoisotopic (exact) mass is 386 g/mol. The highest BCUT2D eigenvalue weighted by Crippen LogP contribution is 2.30. The largest absolute Gasteiger partial charge is 0.352 e. The quantitative estimate of drug-likeness (QED) is 0.752. The summed E-state index contributed by atoms with van der Waals surface area (Å²) in [6, 6.07) is 8.49. The first kappa shape index (κ1) is 19.9. The van der Waals surface area contributed by atoms with Crippen molar-refractivity contribution < 1.29 is 4.79 Å². The van der Waals surface area contributed by atoms with Gasteiger partial charge in [0.25, 0.3) is 0 Å². The van der Waals surface area contributed by atoms with Crippen LogP contribution in [-0.2, 0) is 11.3 Å². The lowest BCUT2D eigenvalue weighted by Gasteiger charge is -2.34. The standard InChI is InChI=1S/C21H30N4OS/c1-5-25-20(17-11-7-6-9-15(17)3)23-24-21(25)27-13-19(26)22-18-12-8-10-14(2)16(18)4/h6-7,9,11,14,16,18H,5,8,10,12-13H2,1-4H3,(H,22,26)/t14-,16+,18-/m1/s1. The minimum absolute atomic E-state index is 0.0917. The Kier molecular flexibility index (Phi) is 6.58. The summed E-state index contributed by atoms with van der Waals surface area (Å²) in [5.41, 5.74) is 2.27. The number of hydrogen-bond acceptors (Lipinski definition) is 4. The molecule has 1 N–H and O–H groups in total. The number of nitrogens with zero attached hydrogens (tertiary/aromatic N) is 3. The minimum atomic E-state index is 0.0917. The predicted octanol–water partition coefficient (Wildman–Crippen LogP) is 4.31. The van der Waals surface area contributed by atoms with Gasteiger partial charge in [-0.05, 0) is 37.7 Å². The summed E-state index contributed by atoms with van der Waals surface area (Å²) in [6.45, 7) is 9.48. The van der Waals surface area contributed by atoms with Crippen LogP contribution in [0.15, 0.2) is 29.4 Å². The number of carbonyl (C=O) groups is 1. The zero-order valence-corrected chi connectivity index (χ0v) is 17.6. The fourth-order valence-electron chi connectivity index (χ4n) is 3.87.